The van der Waals surface area contributed by atoms with Crippen LogP contribution in [-0.2, 0) is 6.61 Å². The lowest BCUT2D eigenvalue weighted by molar-refractivity contribution is 0.303. The molecule has 2 aromatic carbocycles. The summed E-state index contributed by atoms with van der Waals surface area (Å²) in [5.74, 6) is 0.384. The lowest BCUT2D eigenvalue weighted by atomic mass is 10.1. The van der Waals surface area contributed by atoms with Crippen LogP contribution in [0.15, 0.2) is 47.6 Å². The maximum absolute atomic E-state index is 13.0. The smallest absolute Gasteiger partial charge is 0.170 e. The number of nitrogens with two attached hydrogens (primary N) is 1. The number of benzene rings is 2. The van der Waals surface area contributed by atoms with E-state index < -0.39 is 0 Å². The zero-order chi connectivity index (χ0) is 14.5. The van der Waals surface area contributed by atoms with E-state index in [1.807, 2.05) is 6.07 Å². The fourth-order valence-corrected chi connectivity index (χ4v) is 1.81. The number of amidine groups is 1. The van der Waals surface area contributed by atoms with Crippen molar-refractivity contribution in [2.45, 2.75) is 13.5 Å². The molecule has 0 atom stereocenters. The summed E-state index contributed by atoms with van der Waals surface area (Å²) < 4.78 is 18.6. The van der Waals surface area contributed by atoms with Gasteiger partial charge in [0.15, 0.2) is 5.84 Å². The Morgan fingerprint density at radius 3 is 2.80 bits per heavy atom. The minimum absolute atomic E-state index is 0.0461. The van der Waals surface area contributed by atoms with E-state index in [1.54, 1.807) is 31.2 Å². The van der Waals surface area contributed by atoms with E-state index in [1.165, 1.54) is 12.1 Å². The summed E-state index contributed by atoms with van der Waals surface area (Å²) in [5.41, 5.74) is 7.75. The van der Waals surface area contributed by atoms with E-state index in [9.17, 15) is 4.39 Å². The second-order valence-corrected chi connectivity index (χ2v) is 4.38. The van der Waals surface area contributed by atoms with Gasteiger partial charge in [0.1, 0.15) is 18.2 Å². The summed E-state index contributed by atoms with van der Waals surface area (Å²) in [4.78, 5) is 0. The lowest BCUT2D eigenvalue weighted by Crippen LogP contribution is -2.13. The van der Waals surface area contributed by atoms with Crippen molar-refractivity contribution in [3.63, 3.8) is 0 Å². The van der Waals surface area contributed by atoms with Crippen molar-refractivity contribution >= 4 is 5.84 Å². The first-order valence-corrected chi connectivity index (χ1v) is 6.06. The standard InChI is InChI=1S/C15H15FN2O2/c1-10-7-13(16)5-6-14(10)20-9-11-3-2-4-12(8-11)15(17)18-19/h2-8,19H,9H2,1H3,(H2,17,18). The number of hydrogen-bond acceptors (Lipinski definition) is 3. The molecule has 0 aliphatic rings. The van der Waals surface area contributed by atoms with Crippen molar-refractivity contribution < 1.29 is 14.3 Å². The highest BCUT2D eigenvalue weighted by molar-refractivity contribution is 5.97. The van der Waals surface area contributed by atoms with Crippen molar-refractivity contribution in [3.8, 4) is 5.75 Å². The van der Waals surface area contributed by atoms with Gasteiger partial charge in [0, 0.05) is 5.56 Å². The van der Waals surface area contributed by atoms with Crippen molar-refractivity contribution in [1.29, 1.82) is 0 Å². The van der Waals surface area contributed by atoms with Gasteiger partial charge in [0.2, 0.25) is 0 Å². The van der Waals surface area contributed by atoms with Gasteiger partial charge in [-0.1, -0.05) is 23.4 Å². The maximum atomic E-state index is 13.0. The second-order valence-electron chi connectivity index (χ2n) is 4.38. The molecule has 104 valence electrons. The van der Waals surface area contributed by atoms with Crippen LogP contribution >= 0.6 is 0 Å². The average molecular weight is 274 g/mol. The normalized spacial score (nSPS) is 11.4. The van der Waals surface area contributed by atoms with Crippen LogP contribution in [0.25, 0.3) is 0 Å². The van der Waals surface area contributed by atoms with Crippen LogP contribution in [0, 0.1) is 12.7 Å². The zero-order valence-corrected chi connectivity index (χ0v) is 11.0. The minimum Gasteiger partial charge on any atom is -0.489 e. The minimum atomic E-state index is -0.288. The summed E-state index contributed by atoms with van der Waals surface area (Å²) >= 11 is 0. The van der Waals surface area contributed by atoms with Crippen molar-refractivity contribution in [1.82, 2.24) is 0 Å². The van der Waals surface area contributed by atoms with Crippen LogP contribution in [-0.4, -0.2) is 11.0 Å². The highest BCUT2D eigenvalue weighted by Gasteiger charge is 2.04. The van der Waals surface area contributed by atoms with Crippen LogP contribution in [0.2, 0.25) is 0 Å². The van der Waals surface area contributed by atoms with Crippen LogP contribution in [0.3, 0.4) is 0 Å². The first-order valence-electron chi connectivity index (χ1n) is 6.06. The van der Waals surface area contributed by atoms with E-state index in [-0.39, 0.29) is 11.7 Å². The lowest BCUT2D eigenvalue weighted by Gasteiger charge is -2.10. The van der Waals surface area contributed by atoms with Crippen molar-refractivity contribution in [2.75, 3.05) is 0 Å². The summed E-state index contributed by atoms with van der Waals surface area (Å²) in [5, 5.41) is 11.6. The molecular weight excluding hydrogens is 259 g/mol. The first-order chi connectivity index (χ1) is 9.60. The Morgan fingerprint density at radius 2 is 2.10 bits per heavy atom. The number of rotatable bonds is 4. The van der Waals surface area contributed by atoms with Gasteiger partial charge in [0.25, 0.3) is 0 Å². The molecule has 0 heterocycles. The van der Waals surface area contributed by atoms with Crippen molar-refractivity contribution in [3.05, 3.63) is 65.0 Å². The van der Waals surface area contributed by atoms with Crippen LogP contribution < -0.4 is 10.5 Å². The molecule has 4 nitrogen and oxygen atoms in total. The molecule has 0 spiro atoms. The third-order valence-corrected chi connectivity index (χ3v) is 2.86. The topological polar surface area (TPSA) is 67.8 Å². The Balaban J connectivity index is 2.11. The first kappa shape index (κ1) is 13.9. The molecule has 5 heteroatoms. The molecule has 0 radical (unpaired) electrons. The van der Waals surface area contributed by atoms with Gasteiger partial charge in [0.05, 0.1) is 0 Å². The predicted molar refractivity (Wildman–Crippen MR) is 74.4 cm³/mol. The molecule has 0 saturated carbocycles. The van der Waals surface area contributed by atoms with Crippen molar-refractivity contribution in [2.24, 2.45) is 10.9 Å². The molecule has 3 N–H and O–H groups in total. The number of oxime groups is 1. The molecular formula is C15H15FN2O2. The van der Waals surface area contributed by atoms with Crippen LogP contribution in [0.1, 0.15) is 16.7 Å². The molecule has 2 aromatic rings. The highest BCUT2D eigenvalue weighted by atomic mass is 19.1. The molecule has 0 aliphatic heterocycles. The van der Waals surface area contributed by atoms with E-state index in [0.29, 0.717) is 17.9 Å². The fourth-order valence-electron chi connectivity index (χ4n) is 1.81. The van der Waals surface area contributed by atoms with Gasteiger partial charge in [-0.15, -0.1) is 0 Å². The van der Waals surface area contributed by atoms with Gasteiger partial charge in [-0.2, -0.15) is 0 Å². The largest absolute Gasteiger partial charge is 0.489 e. The zero-order valence-electron chi connectivity index (χ0n) is 11.0. The predicted octanol–water partition coefficient (Wildman–Crippen LogP) is 2.81. The molecule has 0 bridgehead atoms. The van der Waals surface area contributed by atoms with E-state index in [4.69, 9.17) is 15.7 Å². The van der Waals surface area contributed by atoms with E-state index in [0.717, 1.165) is 11.1 Å². The maximum Gasteiger partial charge on any atom is 0.170 e. The molecule has 0 aliphatic carbocycles. The summed E-state index contributed by atoms with van der Waals surface area (Å²) in [6.45, 7) is 2.10. The Kier molecular flexibility index (Phi) is 4.20. The Morgan fingerprint density at radius 1 is 1.30 bits per heavy atom. The average Bonchev–Trinajstić information content (AvgIpc) is 2.46. The third-order valence-electron chi connectivity index (χ3n) is 2.86. The number of nitrogens with zero attached hydrogens (tertiary/aromatic N) is 1. The van der Waals surface area contributed by atoms with Gasteiger partial charge in [-0.05, 0) is 42.3 Å². The van der Waals surface area contributed by atoms with Crippen LogP contribution in [0.5, 0.6) is 5.75 Å². The number of aryl methyl sites for hydroxylation is 1. The van der Waals surface area contributed by atoms with Gasteiger partial charge in [-0.25, -0.2) is 4.39 Å². The highest BCUT2D eigenvalue weighted by Crippen LogP contribution is 2.20. The third kappa shape index (κ3) is 3.26. The Bertz CT molecular complexity index is 642. The Hall–Kier alpha value is -2.56. The summed E-state index contributed by atoms with van der Waals surface area (Å²) in [6.07, 6.45) is 0. The molecule has 2 rings (SSSR count). The van der Waals surface area contributed by atoms with E-state index in [2.05, 4.69) is 5.16 Å². The molecule has 0 unspecified atom stereocenters. The Labute approximate surface area is 116 Å². The number of hydrogen-bond donors (Lipinski definition) is 2. The van der Waals surface area contributed by atoms with Gasteiger partial charge in [-0.3, -0.25) is 0 Å². The number of halogens is 1. The van der Waals surface area contributed by atoms with Gasteiger partial charge >= 0.3 is 0 Å². The molecule has 0 aromatic heterocycles. The molecule has 0 saturated heterocycles. The molecule has 0 amide bonds. The second kappa shape index (κ2) is 6.06. The summed E-state index contributed by atoms with van der Waals surface area (Å²) in [6, 6.07) is 11.5. The quantitative estimate of drug-likeness (QED) is 0.390. The molecule has 20 heavy (non-hydrogen) atoms. The monoisotopic (exact) mass is 274 g/mol. The summed E-state index contributed by atoms with van der Waals surface area (Å²) in [7, 11) is 0. The van der Waals surface area contributed by atoms with Gasteiger partial charge < -0.3 is 15.7 Å². The van der Waals surface area contributed by atoms with E-state index >= 15 is 0 Å². The fraction of sp³-hybridized carbons (Fsp3) is 0.133. The SMILES string of the molecule is Cc1cc(F)ccc1OCc1cccc(/C(N)=N/O)c1. The number of ether oxygens (including phenoxy) is 1. The van der Waals surface area contributed by atoms with Crippen LogP contribution in [0.4, 0.5) is 4.39 Å². The molecule has 0 fully saturated rings.